The summed E-state index contributed by atoms with van der Waals surface area (Å²) in [6.07, 6.45) is -3.73. The molecule has 5 amide bonds. The van der Waals surface area contributed by atoms with Crippen LogP contribution in [0.3, 0.4) is 0 Å². The van der Waals surface area contributed by atoms with E-state index in [1.807, 2.05) is 24.3 Å². The highest BCUT2D eigenvalue weighted by Crippen LogP contribution is 2.39. The summed E-state index contributed by atoms with van der Waals surface area (Å²) in [4.78, 5) is 58.2. The highest BCUT2D eigenvalue weighted by atomic mass is 35.5. The first kappa shape index (κ1) is 37.4. The molecule has 4 aliphatic heterocycles. The van der Waals surface area contributed by atoms with Crippen LogP contribution in [0.1, 0.15) is 55.2 Å². The molecule has 0 bridgehead atoms. The lowest BCUT2D eigenvalue weighted by Gasteiger charge is -2.40. The van der Waals surface area contributed by atoms with Crippen molar-refractivity contribution < 1.29 is 42.2 Å². The molecule has 0 saturated carbocycles. The first-order valence-electron chi connectivity index (χ1n) is 17.8. The van der Waals surface area contributed by atoms with Gasteiger partial charge in [-0.2, -0.15) is 13.2 Å². The molecule has 0 aliphatic carbocycles. The zero-order valence-corrected chi connectivity index (χ0v) is 29.5. The molecule has 16 heteroatoms. The van der Waals surface area contributed by atoms with Crippen LogP contribution in [0.5, 0.6) is 0 Å². The maximum Gasteiger partial charge on any atom is 0.418 e. The van der Waals surface area contributed by atoms with Crippen molar-refractivity contribution in [1.29, 1.82) is 0 Å². The van der Waals surface area contributed by atoms with Gasteiger partial charge in [0, 0.05) is 64.0 Å². The molecule has 12 nitrogen and oxygen atoms in total. The third-order valence-corrected chi connectivity index (χ3v) is 11.4. The number of carbonyl (C=O) groups is 4. The van der Waals surface area contributed by atoms with Crippen molar-refractivity contribution in [3.63, 3.8) is 0 Å². The monoisotopic (exact) mass is 748 g/mol. The predicted octanol–water partition coefficient (Wildman–Crippen LogP) is 6.17. The molecule has 1 atom stereocenters. The molecule has 4 aliphatic rings. The van der Waals surface area contributed by atoms with Crippen LogP contribution in [-0.4, -0.2) is 107 Å². The number of piperidine rings is 3. The number of carbonyl (C=O) groups excluding carboxylic acids is 3. The molecule has 4 heterocycles. The smallest absolute Gasteiger partial charge is 0.418 e. The molecule has 0 unspecified atom stereocenters. The van der Waals surface area contributed by atoms with E-state index in [1.165, 1.54) is 15.9 Å². The number of likely N-dealkylation sites (tertiary alicyclic amines) is 3. The Morgan fingerprint density at radius 1 is 0.904 bits per heavy atom. The van der Waals surface area contributed by atoms with Gasteiger partial charge in [-0.1, -0.05) is 29.8 Å². The van der Waals surface area contributed by atoms with E-state index >= 15 is 0 Å². The van der Waals surface area contributed by atoms with Crippen LogP contribution in [0.25, 0.3) is 0 Å². The largest absolute Gasteiger partial charge is 0.465 e. The number of urea groups is 1. The number of para-hydroxylation sites is 1. The number of amides is 5. The van der Waals surface area contributed by atoms with Crippen LogP contribution in [0.15, 0.2) is 36.4 Å². The zero-order valence-electron chi connectivity index (χ0n) is 28.7. The normalized spacial score (nSPS) is 20.2. The van der Waals surface area contributed by atoms with Crippen LogP contribution in [0.2, 0.25) is 5.02 Å². The van der Waals surface area contributed by atoms with E-state index in [2.05, 4.69) is 5.32 Å². The predicted molar refractivity (Wildman–Crippen MR) is 187 cm³/mol. The third kappa shape index (κ3) is 8.45. The highest BCUT2D eigenvalue weighted by Gasteiger charge is 2.39. The first-order valence-corrected chi connectivity index (χ1v) is 18.2. The SMILES string of the molecule is Nc1c(Cl)cc(C[C@@H](OC(=O)N2CCC(N3CCc4ccccc4NC3=O)CC2)C(=O)N2CCC(C3CCN(C(=O)O)CC3)CC2)cc1C(F)(F)F. The number of alkyl halides is 3. The molecule has 52 heavy (non-hydrogen) atoms. The van der Waals surface area contributed by atoms with Gasteiger partial charge in [-0.05, 0) is 86.1 Å². The van der Waals surface area contributed by atoms with Gasteiger partial charge in [0.1, 0.15) is 0 Å². The number of nitrogens with zero attached hydrogens (tertiary/aromatic N) is 4. The molecular weight excluding hydrogens is 705 g/mol. The van der Waals surface area contributed by atoms with E-state index in [0.717, 1.165) is 30.2 Å². The molecule has 3 saturated heterocycles. The summed E-state index contributed by atoms with van der Waals surface area (Å²) < 4.78 is 47.3. The lowest BCUT2D eigenvalue weighted by Crippen LogP contribution is -2.52. The summed E-state index contributed by atoms with van der Waals surface area (Å²) in [5.41, 5.74) is 5.76. The van der Waals surface area contributed by atoms with Crippen molar-refractivity contribution in [2.75, 3.05) is 56.9 Å². The second kappa shape index (κ2) is 15.7. The van der Waals surface area contributed by atoms with Gasteiger partial charge in [-0.15, -0.1) is 0 Å². The van der Waals surface area contributed by atoms with E-state index in [0.29, 0.717) is 76.7 Å². The minimum Gasteiger partial charge on any atom is -0.465 e. The Labute approximate surface area is 305 Å². The number of benzene rings is 2. The lowest BCUT2D eigenvalue weighted by atomic mass is 9.79. The van der Waals surface area contributed by atoms with Gasteiger partial charge in [0.15, 0.2) is 6.10 Å². The number of fused-ring (bicyclic) bond motifs is 1. The first-order chi connectivity index (χ1) is 24.8. The van der Waals surface area contributed by atoms with Crippen molar-refractivity contribution in [3.8, 4) is 0 Å². The van der Waals surface area contributed by atoms with Gasteiger partial charge >= 0.3 is 24.4 Å². The number of hydrogen-bond acceptors (Lipinski definition) is 6. The number of anilines is 2. The Hall–Kier alpha value is -4.40. The fourth-order valence-electron chi connectivity index (χ4n) is 8.07. The fraction of sp³-hybridized carbons (Fsp3) is 0.556. The summed E-state index contributed by atoms with van der Waals surface area (Å²) in [5, 5.41) is 11.9. The number of carboxylic acid groups (broad SMARTS) is 1. The number of hydrogen-bond donors (Lipinski definition) is 3. The van der Waals surface area contributed by atoms with E-state index < -0.39 is 41.6 Å². The van der Waals surface area contributed by atoms with Crippen LogP contribution in [0, 0.1) is 11.8 Å². The number of nitrogens with two attached hydrogens (primary N) is 1. The van der Waals surface area contributed by atoms with E-state index in [9.17, 15) is 37.5 Å². The van der Waals surface area contributed by atoms with Crippen LogP contribution in [-0.2, 0) is 28.5 Å². The van der Waals surface area contributed by atoms with E-state index in [-0.39, 0.29) is 42.2 Å². The van der Waals surface area contributed by atoms with Gasteiger partial charge in [-0.3, -0.25) is 4.79 Å². The molecule has 0 spiro atoms. The number of nitrogen functional groups attached to an aromatic ring is 1. The average Bonchev–Trinajstić information content (AvgIpc) is 3.30. The molecule has 0 aromatic heterocycles. The molecule has 3 fully saturated rings. The van der Waals surface area contributed by atoms with Crippen molar-refractivity contribution in [1.82, 2.24) is 19.6 Å². The highest BCUT2D eigenvalue weighted by molar-refractivity contribution is 6.33. The Balaban J connectivity index is 1.11. The molecule has 282 valence electrons. The third-order valence-electron chi connectivity index (χ3n) is 11.1. The summed E-state index contributed by atoms with van der Waals surface area (Å²) in [5.74, 6) is 0.121. The van der Waals surface area contributed by atoms with Crippen LogP contribution >= 0.6 is 11.6 Å². The minimum absolute atomic E-state index is 0.0460. The fourth-order valence-corrected chi connectivity index (χ4v) is 8.31. The Morgan fingerprint density at radius 2 is 1.50 bits per heavy atom. The Kier molecular flexibility index (Phi) is 11.3. The molecular formula is C36H44ClF3N6O6. The topological polar surface area (TPSA) is 149 Å². The number of rotatable bonds is 6. The molecule has 2 aromatic carbocycles. The number of ether oxygens (including phenoxy) is 1. The van der Waals surface area contributed by atoms with Crippen molar-refractivity contribution >= 4 is 47.1 Å². The minimum atomic E-state index is -4.79. The van der Waals surface area contributed by atoms with Crippen molar-refractivity contribution in [2.24, 2.45) is 11.8 Å². The van der Waals surface area contributed by atoms with Gasteiger partial charge in [0.2, 0.25) is 0 Å². The summed E-state index contributed by atoms with van der Waals surface area (Å²) in [6.45, 7) is 2.74. The van der Waals surface area contributed by atoms with Gasteiger partial charge in [-0.25, -0.2) is 14.4 Å². The maximum absolute atomic E-state index is 14.0. The van der Waals surface area contributed by atoms with E-state index in [4.69, 9.17) is 22.1 Å². The average molecular weight is 749 g/mol. The van der Waals surface area contributed by atoms with Gasteiger partial charge < -0.3 is 40.5 Å². The van der Waals surface area contributed by atoms with Crippen LogP contribution in [0.4, 0.5) is 38.9 Å². The van der Waals surface area contributed by atoms with Crippen LogP contribution < -0.4 is 11.1 Å². The lowest BCUT2D eigenvalue weighted by molar-refractivity contribution is -0.142. The standard InChI is InChI=1S/C36H44ClF3N6O6/c37-28-20-22(19-27(31(28)41)36(38,39)40)21-30(32(47)43-12-5-23(6-13-43)24-7-14-44(15-8-24)34(49)50)52-35(51)45-16-10-26(11-17-45)46-18-9-25-3-1-2-4-29(25)42-33(46)48/h1-4,19-20,23-24,26,30H,5-18,21,41H2,(H,42,48)(H,49,50)/t30-/m1/s1. The second-order valence-corrected chi connectivity index (χ2v) is 14.5. The quantitative estimate of drug-likeness (QED) is 0.299. The van der Waals surface area contributed by atoms with Gasteiger partial charge in [0.25, 0.3) is 5.91 Å². The number of nitrogens with one attached hydrogen (secondary N) is 1. The number of halogens is 4. The molecule has 4 N–H and O–H groups in total. The Morgan fingerprint density at radius 3 is 2.12 bits per heavy atom. The molecule has 0 radical (unpaired) electrons. The Bertz CT molecular complexity index is 1660. The van der Waals surface area contributed by atoms with E-state index in [1.54, 1.807) is 9.80 Å². The summed E-state index contributed by atoms with van der Waals surface area (Å²) in [6, 6.07) is 9.41. The van der Waals surface area contributed by atoms with Gasteiger partial charge in [0.05, 0.1) is 16.3 Å². The molecule has 2 aromatic rings. The van der Waals surface area contributed by atoms with Crippen molar-refractivity contribution in [3.05, 3.63) is 58.1 Å². The van der Waals surface area contributed by atoms with Crippen molar-refractivity contribution in [2.45, 2.75) is 69.7 Å². The summed E-state index contributed by atoms with van der Waals surface area (Å²) in [7, 11) is 0. The second-order valence-electron chi connectivity index (χ2n) is 14.1. The maximum atomic E-state index is 14.0. The molecule has 6 rings (SSSR count). The summed E-state index contributed by atoms with van der Waals surface area (Å²) >= 11 is 6.10. The zero-order chi connectivity index (χ0) is 37.2.